The van der Waals surface area contributed by atoms with Crippen molar-refractivity contribution in [3.05, 3.63) is 105 Å². The van der Waals surface area contributed by atoms with Crippen molar-refractivity contribution in [1.82, 2.24) is 15.3 Å². The number of hydrogen-bond acceptors (Lipinski definition) is 8. The number of pyridine rings is 2. The van der Waals surface area contributed by atoms with Crippen LogP contribution in [0.4, 0.5) is 58.1 Å². The summed E-state index contributed by atoms with van der Waals surface area (Å²) >= 11 is 11.7. The second-order valence-corrected chi connectivity index (χ2v) is 15.7. The molecule has 0 unspecified atom stereocenters. The summed E-state index contributed by atoms with van der Waals surface area (Å²) in [6, 6.07) is 5.72. The van der Waals surface area contributed by atoms with Crippen LogP contribution in [0.1, 0.15) is 56.1 Å². The van der Waals surface area contributed by atoms with Crippen molar-refractivity contribution < 1.29 is 59.1 Å². The van der Waals surface area contributed by atoms with Gasteiger partial charge in [0.25, 0.3) is 5.91 Å². The Morgan fingerprint density at radius 3 is 1.48 bits per heavy atom. The van der Waals surface area contributed by atoms with Crippen LogP contribution in [0, 0.1) is 25.5 Å². The van der Waals surface area contributed by atoms with E-state index >= 15 is 0 Å². The fraction of sp³-hybridized carbons (Fsp3) is 0.357. The molecule has 4 heterocycles. The van der Waals surface area contributed by atoms with E-state index < -0.39 is 88.8 Å². The van der Waals surface area contributed by atoms with E-state index in [-0.39, 0.29) is 70.4 Å². The van der Waals surface area contributed by atoms with Crippen molar-refractivity contribution in [3.8, 4) is 0 Å². The zero-order valence-electron chi connectivity index (χ0n) is 35.0. The molecule has 2 aromatic carbocycles. The number of nitrogens with two attached hydrogens (primary N) is 1. The minimum absolute atomic E-state index is 0.00975. The van der Waals surface area contributed by atoms with Crippen LogP contribution in [-0.2, 0) is 36.3 Å². The van der Waals surface area contributed by atoms with Crippen molar-refractivity contribution in [2.45, 2.75) is 84.0 Å². The van der Waals surface area contributed by atoms with E-state index in [2.05, 4.69) is 15.3 Å². The van der Waals surface area contributed by atoms with Gasteiger partial charge in [-0.05, 0) is 88.4 Å². The molecule has 4 atom stereocenters. The lowest BCUT2D eigenvalue weighted by molar-refractivity contribution is -0.138. The first kappa shape index (κ1) is 50.1. The third-order valence-corrected chi connectivity index (χ3v) is 10.8. The van der Waals surface area contributed by atoms with Gasteiger partial charge < -0.3 is 20.9 Å². The largest absolute Gasteiger partial charge is 0.416 e. The van der Waals surface area contributed by atoms with Crippen LogP contribution >= 0.6 is 23.2 Å². The summed E-state index contributed by atoms with van der Waals surface area (Å²) in [6.45, 7) is 7.40. The molecular weight excluding hydrogens is 919 g/mol. The SMILES string of the molecule is CCN(C(=O)[C@@H]1C[C@H](N)C(=O)N1c1cc(C(F)(F)F)cc(C)n1)c1ccc(F)c(Cl)c1.CCN(C(=O)[C@@H]1C[C@H](NC(C)=O)C(=O)N1c1cc(C(F)(F)F)cc(C)n1)c1ccc(F)c(Cl)c1. The van der Waals surface area contributed by atoms with Crippen molar-refractivity contribution in [3.63, 3.8) is 0 Å². The number of amides is 5. The second kappa shape index (κ2) is 19.7. The van der Waals surface area contributed by atoms with Crippen molar-refractivity contribution in [1.29, 1.82) is 0 Å². The third-order valence-electron chi connectivity index (χ3n) is 10.2. The molecule has 0 radical (unpaired) electrons. The van der Waals surface area contributed by atoms with E-state index in [0.29, 0.717) is 12.1 Å². The number of aromatic nitrogens is 2. The first-order valence-corrected chi connectivity index (χ1v) is 20.4. The van der Waals surface area contributed by atoms with E-state index in [0.717, 1.165) is 34.1 Å². The molecule has 65 heavy (non-hydrogen) atoms. The fourth-order valence-corrected chi connectivity index (χ4v) is 7.69. The van der Waals surface area contributed by atoms with E-state index in [1.165, 1.54) is 54.8 Å². The molecule has 2 saturated heterocycles. The molecule has 4 aromatic rings. The van der Waals surface area contributed by atoms with E-state index in [1.54, 1.807) is 13.8 Å². The van der Waals surface area contributed by atoms with Gasteiger partial charge in [0, 0.05) is 55.6 Å². The normalized spacial score (nSPS) is 18.6. The Hall–Kier alpha value is -5.93. The number of aryl methyl sites for hydroxylation is 2. The number of halogens is 10. The summed E-state index contributed by atoms with van der Waals surface area (Å²) < 4.78 is 107. The van der Waals surface area contributed by atoms with Gasteiger partial charge in [0.15, 0.2) is 0 Å². The van der Waals surface area contributed by atoms with Gasteiger partial charge in [-0.2, -0.15) is 26.3 Å². The monoisotopic (exact) mass is 958 g/mol. The summed E-state index contributed by atoms with van der Waals surface area (Å²) in [5.74, 6) is -5.30. The highest BCUT2D eigenvalue weighted by Crippen LogP contribution is 2.37. The number of hydrogen-bond donors (Lipinski definition) is 2. The second-order valence-electron chi connectivity index (χ2n) is 14.8. The Morgan fingerprint density at radius 2 is 1.11 bits per heavy atom. The van der Waals surface area contributed by atoms with Crippen molar-refractivity contribution in [2.24, 2.45) is 5.73 Å². The number of nitrogens with one attached hydrogen (secondary N) is 1. The van der Waals surface area contributed by atoms with E-state index in [4.69, 9.17) is 28.9 Å². The highest BCUT2D eigenvalue weighted by molar-refractivity contribution is 6.31. The van der Waals surface area contributed by atoms with Crippen LogP contribution in [0.15, 0.2) is 60.7 Å². The predicted octanol–water partition coefficient (Wildman–Crippen LogP) is 7.55. The summed E-state index contributed by atoms with van der Waals surface area (Å²) in [7, 11) is 0. The zero-order valence-corrected chi connectivity index (χ0v) is 36.5. The van der Waals surface area contributed by atoms with Gasteiger partial charge in [-0.1, -0.05) is 23.2 Å². The molecule has 2 aromatic heterocycles. The molecule has 2 fully saturated rings. The maximum absolute atomic E-state index is 13.6. The number of anilines is 4. The lowest BCUT2D eigenvalue weighted by Gasteiger charge is -2.29. The first-order chi connectivity index (χ1) is 30.3. The molecular formula is C42H40Cl2F8N8O5. The number of carbonyl (C=O) groups is 5. The Morgan fingerprint density at radius 1 is 0.708 bits per heavy atom. The molecule has 0 bridgehead atoms. The molecule has 0 aliphatic carbocycles. The number of benzene rings is 2. The smallest absolute Gasteiger partial charge is 0.344 e. The average molecular weight is 960 g/mol. The maximum atomic E-state index is 13.6. The minimum atomic E-state index is -4.71. The Balaban J connectivity index is 0.000000245. The molecule has 5 amide bonds. The van der Waals surface area contributed by atoms with Gasteiger partial charge in [0.1, 0.15) is 41.4 Å². The van der Waals surface area contributed by atoms with Crippen molar-refractivity contribution >= 4 is 75.7 Å². The summed E-state index contributed by atoms with van der Waals surface area (Å²) in [5.41, 5.74) is 4.35. The predicted molar refractivity (Wildman–Crippen MR) is 224 cm³/mol. The molecule has 2 aliphatic rings. The van der Waals surface area contributed by atoms with Crippen molar-refractivity contribution in [2.75, 3.05) is 32.7 Å². The lowest BCUT2D eigenvalue weighted by Crippen LogP contribution is -2.48. The summed E-state index contributed by atoms with van der Waals surface area (Å²) in [6.07, 6.45) is -9.67. The topological polar surface area (TPSA) is 162 Å². The Kier molecular flexibility index (Phi) is 15.1. The Labute approximate surface area is 376 Å². The summed E-state index contributed by atoms with van der Waals surface area (Å²) in [4.78, 5) is 76.6. The van der Waals surface area contributed by atoms with Gasteiger partial charge in [-0.25, -0.2) is 18.7 Å². The molecule has 2 aliphatic heterocycles. The number of carbonyl (C=O) groups excluding carboxylic acids is 5. The molecule has 23 heteroatoms. The average Bonchev–Trinajstić information content (AvgIpc) is 3.70. The fourth-order valence-electron chi connectivity index (χ4n) is 7.34. The standard InChI is InChI=1S/C22H21ClF4N4O3.C20H19ClF4N4O2/c1-4-30(14-5-6-16(24)15(23)9-14)21(34)18-10-17(29-12(3)32)20(33)31(18)19-8-13(22(25,26)27)7-11(2)28-19;1-3-28(12-4-5-14(22)13(21)8-12)19(31)16-9-15(26)18(30)29(16)17-7-11(20(23,24)25)6-10(2)27-17/h5-9,17-18H,4,10H2,1-3H3,(H,29,32);4-8,15-16H,3,9,26H2,1-2H3/t17-,18-;15-,16-/m00/s1. The zero-order chi connectivity index (χ0) is 48.5. The molecule has 3 N–H and O–H groups in total. The van der Waals surface area contributed by atoms with Gasteiger partial charge >= 0.3 is 12.4 Å². The number of likely N-dealkylation sites (N-methyl/N-ethyl adjacent to an activating group) is 2. The molecule has 6 rings (SSSR count). The highest BCUT2D eigenvalue weighted by atomic mass is 35.5. The van der Waals surface area contributed by atoms with E-state index in [1.807, 2.05) is 0 Å². The molecule has 13 nitrogen and oxygen atoms in total. The third kappa shape index (κ3) is 11.1. The van der Waals surface area contributed by atoms with Crippen LogP contribution in [0.5, 0.6) is 0 Å². The molecule has 0 saturated carbocycles. The van der Waals surface area contributed by atoms with Crippen LogP contribution in [-0.4, -0.2) is 76.8 Å². The van der Waals surface area contributed by atoms with Crippen LogP contribution in [0.2, 0.25) is 10.0 Å². The molecule has 0 spiro atoms. The highest BCUT2D eigenvalue weighted by Gasteiger charge is 2.48. The minimum Gasteiger partial charge on any atom is -0.344 e. The first-order valence-electron chi connectivity index (χ1n) is 19.6. The number of nitrogens with zero attached hydrogens (tertiary/aromatic N) is 6. The van der Waals surface area contributed by atoms with Gasteiger partial charge in [-0.15, -0.1) is 0 Å². The van der Waals surface area contributed by atoms with Crippen LogP contribution in [0.25, 0.3) is 0 Å². The van der Waals surface area contributed by atoms with Crippen LogP contribution in [0.3, 0.4) is 0 Å². The van der Waals surface area contributed by atoms with Gasteiger partial charge in [0.2, 0.25) is 23.6 Å². The van der Waals surface area contributed by atoms with Gasteiger partial charge in [0.05, 0.1) is 27.2 Å². The number of rotatable bonds is 9. The Bertz CT molecular complexity index is 2510. The van der Waals surface area contributed by atoms with E-state index in [9.17, 15) is 59.1 Å². The number of alkyl halides is 6. The van der Waals surface area contributed by atoms with Gasteiger partial charge in [-0.3, -0.25) is 33.8 Å². The van der Waals surface area contributed by atoms with Crippen LogP contribution < -0.4 is 30.7 Å². The molecule has 348 valence electrons. The summed E-state index contributed by atoms with van der Waals surface area (Å²) in [5, 5.41) is 2.00. The maximum Gasteiger partial charge on any atom is 0.416 e. The lowest BCUT2D eigenvalue weighted by atomic mass is 10.1. The quantitative estimate of drug-likeness (QED) is 0.163.